The van der Waals surface area contributed by atoms with Crippen LogP contribution in [0.1, 0.15) is 50.8 Å². The van der Waals surface area contributed by atoms with Crippen LogP contribution in [-0.4, -0.2) is 12.5 Å². The highest BCUT2D eigenvalue weighted by Crippen LogP contribution is 2.25. The number of carbonyl (C=O) groups is 1. The average molecular weight is 360 g/mol. The van der Waals surface area contributed by atoms with Gasteiger partial charge in [-0.1, -0.05) is 75.7 Å². The Balaban J connectivity index is 2.01. The second-order valence-corrected chi connectivity index (χ2v) is 7.24. The number of nitrogens with one attached hydrogen (secondary N) is 1. The molecule has 0 bridgehead atoms. The SMILES string of the molecule is CC(C)c1ccc([C@@H](NC(=O)COc2ccccc2Cl)C(C)C)cc1. The first-order valence-corrected chi connectivity index (χ1v) is 9.02. The van der Waals surface area contributed by atoms with Crippen molar-refractivity contribution in [3.63, 3.8) is 0 Å². The first-order chi connectivity index (χ1) is 11.9. The zero-order valence-electron chi connectivity index (χ0n) is 15.3. The minimum absolute atomic E-state index is 0.0523. The molecule has 25 heavy (non-hydrogen) atoms. The summed E-state index contributed by atoms with van der Waals surface area (Å²) in [5.74, 6) is 1.12. The van der Waals surface area contributed by atoms with Gasteiger partial charge in [0.15, 0.2) is 6.61 Å². The van der Waals surface area contributed by atoms with Gasteiger partial charge in [0, 0.05) is 0 Å². The van der Waals surface area contributed by atoms with E-state index in [2.05, 4.69) is 57.3 Å². The number of hydrogen-bond acceptors (Lipinski definition) is 2. The van der Waals surface area contributed by atoms with Gasteiger partial charge in [-0.15, -0.1) is 0 Å². The molecular formula is C21H26ClNO2. The molecule has 0 aliphatic carbocycles. The maximum absolute atomic E-state index is 12.3. The van der Waals surface area contributed by atoms with Crippen molar-refractivity contribution in [2.75, 3.05) is 6.61 Å². The second kappa shape index (κ2) is 8.91. The Labute approximate surface area is 155 Å². The van der Waals surface area contributed by atoms with Gasteiger partial charge >= 0.3 is 0 Å². The van der Waals surface area contributed by atoms with Crippen LogP contribution in [0.5, 0.6) is 5.75 Å². The predicted molar refractivity (Wildman–Crippen MR) is 103 cm³/mol. The maximum Gasteiger partial charge on any atom is 0.258 e. The molecule has 0 heterocycles. The minimum Gasteiger partial charge on any atom is -0.482 e. The van der Waals surface area contributed by atoms with E-state index in [0.717, 1.165) is 5.56 Å². The fourth-order valence-corrected chi connectivity index (χ4v) is 2.83. The lowest BCUT2D eigenvalue weighted by atomic mass is 9.93. The third-order valence-electron chi connectivity index (χ3n) is 4.14. The summed E-state index contributed by atoms with van der Waals surface area (Å²) in [6.07, 6.45) is 0. The van der Waals surface area contributed by atoms with E-state index in [0.29, 0.717) is 16.7 Å². The number of carbonyl (C=O) groups excluding carboxylic acids is 1. The number of ether oxygens (including phenoxy) is 1. The molecule has 0 aliphatic heterocycles. The highest BCUT2D eigenvalue weighted by Gasteiger charge is 2.19. The molecule has 2 aromatic carbocycles. The van der Waals surface area contributed by atoms with Gasteiger partial charge in [0.2, 0.25) is 0 Å². The van der Waals surface area contributed by atoms with Gasteiger partial charge in [0.1, 0.15) is 5.75 Å². The van der Waals surface area contributed by atoms with E-state index in [1.165, 1.54) is 5.56 Å². The summed E-state index contributed by atoms with van der Waals surface area (Å²) < 4.78 is 5.52. The molecule has 0 saturated carbocycles. The molecule has 0 aliphatic rings. The zero-order valence-corrected chi connectivity index (χ0v) is 16.0. The summed E-state index contributed by atoms with van der Waals surface area (Å²) in [5, 5.41) is 3.56. The van der Waals surface area contributed by atoms with E-state index >= 15 is 0 Å². The summed E-state index contributed by atoms with van der Waals surface area (Å²) in [6.45, 7) is 8.47. The number of halogens is 1. The number of para-hydroxylation sites is 1. The molecule has 0 spiro atoms. The van der Waals surface area contributed by atoms with Gasteiger partial charge in [0.25, 0.3) is 5.91 Å². The molecular weight excluding hydrogens is 334 g/mol. The molecule has 0 fully saturated rings. The van der Waals surface area contributed by atoms with E-state index in [-0.39, 0.29) is 24.5 Å². The number of benzene rings is 2. The topological polar surface area (TPSA) is 38.3 Å². The van der Waals surface area contributed by atoms with Crippen LogP contribution >= 0.6 is 11.6 Å². The van der Waals surface area contributed by atoms with Crippen LogP contribution in [0.4, 0.5) is 0 Å². The van der Waals surface area contributed by atoms with Gasteiger partial charge in [-0.05, 0) is 35.1 Å². The Hall–Kier alpha value is -2.00. The summed E-state index contributed by atoms with van der Waals surface area (Å²) in [4.78, 5) is 12.3. The summed E-state index contributed by atoms with van der Waals surface area (Å²) in [6, 6.07) is 15.5. The Bertz CT molecular complexity index is 695. The van der Waals surface area contributed by atoms with Crippen LogP contribution in [0.2, 0.25) is 5.02 Å². The van der Waals surface area contributed by atoms with Crippen molar-refractivity contribution in [2.45, 2.75) is 39.7 Å². The maximum atomic E-state index is 12.3. The van der Waals surface area contributed by atoms with Gasteiger partial charge in [-0.3, -0.25) is 4.79 Å². The van der Waals surface area contributed by atoms with E-state index in [1.807, 2.05) is 12.1 Å². The van der Waals surface area contributed by atoms with Crippen LogP contribution in [0.15, 0.2) is 48.5 Å². The summed E-state index contributed by atoms with van der Waals surface area (Å²) >= 11 is 6.04. The van der Waals surface area contributed by atoms with Gasteiger partial charge < -0.3 is 10.1 Å². The number of amides is 1. The molecule has 2 rings (SSSR count). The smallest absolute Gasteiger partial charge is 0.258 e. The van der Waals surface area contributed by atoms with E-state index < -0.39 is 0 Å². The largest absolute Gasteiger partial charge is 0.482 e. The molecule has 0 saturated heterocycles. The van der Waals surface area contributed by atoms with Gasteiger partial charge in [-0.2, -0.15) is 0 Å². The van der Waals surface area contributed by atoms with Crippen molar-refractivity contribution >= 4 is 17.5 Å². The Kier molecular flexibility index (Phi) is 6.89. The molecule has 3 nitrogen and oxygen atoms in total. The Morgan fingerprint density at radius 2 is 1.60 bits per heavy atom. The standard InChI is InChI=1S/C21H26ClNO2/c1-14(2)16-9-11-17(12-10-16)21(15(3)4)23-20(24)13-25-19-8-6-5-7-18(19)22/h5-12,14-15,21H,13H2,1-4H3,(H,23,24)/t21-/m0/s1. The van der Waals surface area contributed by atoms with Crippen molar-refractivity contribution in [3.8, 4) is 5.75 Å². The van der Waals surface area contributed by atoms with Crippen LogP contribution in [-0.2, 0) is 4.79 Å². The van der Waals surface area contributed by atoms with Crippen molar-refractivity contribution in [1.82, 2.24) is 5.32 Å². The van der Waals surface area contributed by atoms with E-state index in [9.17, 15) is 4.79 Å². The van der Waals surface area contributed by atoms with Crippen LogP contribution < -0.4 is 10.1 Å². The molecule has 4 heteroatoms. The lowest BCUT2D eigenvalue weighted by Gasteiger charge is -2.23. The summed E-state index contributed by atoms with van der Waals surface area (Å²) in [5.41, 5.74) is 2.39. The molecule has 1 N–H and O–H groups in total. The Morgan fingerprint density at radius 3 is 2.16 bits per heavy atom. The molecule has 0 unspecified atom stereocenters. The number of hydrogen-bond donors (Lipinski definition) is 1. The third kappa shape index (κ3) is 5.50. The van der Waals surface area contributed by atoms with Crippen molar-refractivity contribution in [2.24, 2.45) is 5.92 Å². The number of rotatable bonds is 7. The van der Waals surface area contributed by atoms with Crippen LogP contribution in [0.3, 0.4) is 0 Å². The lowest BCUT2D eigenvalue weighted by Crippen LogP contribution is -2.35. The Morgan fingerprint density at radius 1 is 1.00 bits per heavy atom. The molecule has 1 amide bonds. The van der Waals surface area contributed by atoms with Crippen molar-refractivity contribution < 1.29 is 9.53 Å². The molecule has 2 aromatic rings. The van der Waals surface area contributed by atoms with E-state index in [4.69, 9.17) is 16.3 Å². The molecule has 0 radical (unpaired) electrons. The van der Waals surface area contributed by atoms with Crippen molar-refractivity contribution in [1.29, 1.82) is 0 Å². The predicted octanol–water partition coefficient (Wildman–Crippen LogP) is 5.36. The minimum atomic E-state index is -0.161. The quantitative estimate of drug-likeness (QED) is 0.723. The monoisotopic (exact) mass is 359 g/mol. The summed E-state index contributed by atoms with van der Waals surface area (Å²) in [7, 11) is 0. The fraction of sp³-hybridized carbons (Fsp3) is 0.381. The second-order valence-electron chi connectivity index (χ2n) is 6.83. The average Bonchev–Trinajstić information content (AvgIpc) is 2.59. The lowest BCUT2D eigenvalue weighted by molar-refractivity contribution is -0.124. The van der Waals surface area contributed by atoms with Crippen LogP contribution in [0, 0.1) is 5.92 Å². The molecule has 1 atom stereocenters. The van der Waals surface area contributed by atoms with Crippen molar-refractivity contribution in [3.05, 3.63) is 64.7 Å². The van der Waals surface area contributed by atoms with Gasteiger partial charge in [0.05, 0.1) is 11.1 Å². The molecule has 134 valence electrons. The first kappa shape index (κ1) is 19.3. The highest BCUT2D eigenvalue weighted by molar-refractivity contribution is 6.32. The van der Waals surface area contributed by atoms with E-state index in [1.54, 1.807) is 12.1 Å². The third-order valence-corrected chi connectivity index (χ3v) is 4.45. The van der Waals surface area contributed by atoms with Crippen LogP contribution in [0.25, 0.3) is 0 Å². The van der Waals surface area contributed by atoms with Gasteiger partial charge in [-0.25, -0.2) is 0 Å². The highest BCUT2D eigenvalue weighted by atomic mass is 35.5. The first-order valence-electron chi connectivity index (χ1n) is 8.65. The zero-order chi connectivity index (χ0) is 18.4. The normalized spacial score (nSPS) is 12.3. The molecule has 0 aromatic heterocycles. The fourth-order valence-electron chi connectivity index (χ4n) is 2.64.